The second-order valence-electron chi connectivity index (χ2n) is 3.51. The molecule has 15 heavy (non-hydrogen) atoms. The van der Waals surface area contributed by atoms with Crippen LogP contribution in [0.25, 0.3) is 0 Å². The van der Waals surface area contributed by atoms with E-state index in [4.69, 9.17) is 16.7 Å². The molecule has 6 heteroatoms. The smallest absolute Gasteiger partial charge is 0.224 e. The van der Waals surface area contributed by atoms with Crippen LogP contribution < -0.4 is 5.32 Å². The van der Waals surface area contributed by atoms with Crippen molar-refractivity contribution in [3.8, 4) is 0 Å². The molecule has 1 atom stereocenters. The van der Waals surface area contributed by atoms with Crippen molar-refractivity contribution < 1.29 is 9.50 Å². The fraction of sp³-hybridized carbons (Fsp3) is 0.556. The van der Waals surface area contributed by atoms with Crippen LogP contribution in [0.2, 0.25) is 5.28 Å². The molecular weight excluding hydrogens is 221 g/mol. The van der Waals surface area contributed by atoms with Gasteiger partial charge in [0.05, 0.1) is 18.8 Å². The minimum atomic E-state index is -0.585. The number of aliphatic hydroxyl groups excluding tert-OH is 1. The summed E-state index contributed by atoms with van der Waals surface area (Å²) in [5, 5.41) is 11.8. The lowest BCUT2D eigenvalue weighted by molar-refractivity contribution is 0.248. The molecule has 0 aliphatic heterocycles. The van der Waals surface area contributed by atoms with Gasteiger partial charge >= 0.3 is 0 Å². The average molecular weight is 234 g/mol. The van der Waals surface area contributed by atoms with Gasteiger partial charge < -0.3 is 10.4 Å². The first-order valence-corrected chi connectivity index (χ1v) is 4.97. The maximum Gasteiger partial charge on any atom is 0.224 e. The number of aromatic nitrogens is 2. The molecule has 0 aliphatic carbocycles. The Morgan fingerprint density at radius 1 is 1.60 bits per heavy atom. The summed E-state index contributed by atoms with van der Waals surface area (Å²) >= 11 is 5.53. The molecule has 1 rings (SSSR count). The maximum atomic E-state index is 13.2. The van der Waals surface area contributed by atoms with Gasteiger partial charge in [-0.3, -0.25) is 0 Å². The molecular formula is C9H13ClFN3O. The van der Waals surface area contributed by atoms with Crippen LogP contribution in [0, 0.1) is 11.7 Å². The lowest BCUT2D eigenvalue weighted by Gasteiger charge is -2.20. The van der Waals surface area contributed by atoms with Gasteiger partial charge in [-0.15, -0.1) is 0 Å². The standard InChI is InChI=1S/C9H13ClFN3O/c1-5(2)7(4-15)13-8-6(11)3-12-9(10)14-8/h3,5,7,15H,4H2,1-2H3,(H,12,13,14)/t7-/m1/s1. The van der Waals surface area contributed by atoms with Crippen molar-refractivity contribution in [2.75, 3.05) is 11.9 Å². The highest BCUT2D eigenvalue weighted by Crippen LogP contribution is 2.15. The van der Waals surface area contributed by atoms with Gasteiger partial charge in [-0.25, -0.2) is 9.37 Å². The summed E-state index contributed by atoms with van der Waals surface area (Å²) in [6.07, 6.45) is 0.992. The lowest BCUT2D eigenvalue weighted by atomic mass is 10.1. The van der Waals surface area contributed by atoms with Gasteiger partial charge in [0.1, 0.15) is 0 Å². The Labute approximate surface area is 92.5 Å². The molecule has 84 valence electrons. The normalized spacial score (nSPS) is 12.9. The van der Waals surface area contributed by atoms with Crippen molar-refractivity contribution in [1.82, 2.24) is 9.97 Å². The molecule has 4 nitrogen and oxygen atoms in total. The number of hydrogen-bond donors (Lipinski definition) is 2. The first-order chi connectivity index (χ1) is 7.04. The van der Waals surface area contributed by atoms with Gasteiger partial charge in [-0.05, 0) is 17.5 Å². The minimum Gasteiger partial charge on any atom is -0.394 e. The van der Waals surface area contributed by atoms with E-state index in [2.05, 4.69) is 15.3 Å². The molecule has 0 fully saturated rings. The van der Waals surface area contributed by atoms with Crippen molar-refractivity contribution in [1.29, 1.82) is 0 Å². The van der Waals surface area contributed by atoms with Crippen molar-refractivity contribution in [3.63, 3.8) is 0 Å². The molecule has 1 aromatic heterocycles. The van der Waals surface area contributed by atoms with Crippen molar-refractivity contribution in [3.05, 3.63) is 17.3 Å². The molecule has 0 bridgehead atoms. The molecule has 0 aromatic carbocycles. The third-order valence-electron chi connectivity index (χ3n) is 2.04. The van der Waals surface area contributed by atoms with Crippen molar-refractivity contribution >= 4 is 17.4 Å². The first kappa shape index (κ1) is 12.1. The second-order valence-corrected chi connectivity index (χ2v) is 3.85. The van der Waals surface area contributed by atoms with Gasteiger partial charge in [-0.1, -0.05) is 13.8 Å². The predicted molar refractivity (Wildman–Crippen MR) is 56.3 cm³/mol. The summed E-state index contributed by atoms with van der Waals surface area (Å²) in [4.78, 5) is 7.19. The summed E-state index contributed by atoms with van der Waals surface area (Å²) < 4.78 is 13.2. The van der Waals surface area contributed by atoms with E-state index in [1.54, 1.807) is 0 Å². The van der Waals surface area contributed by atoms with Crippen molar-refractivity contribution in [2.45, 2.75) is 19.9 Å². The van der Waals surface area contributed by atoms with Gasteiger partial charge in [0.2, 0.25) is 5.28 Å². The van der Waals surface area contributed by atoms with Crippen molar-refractivity contribution in [2.24, 2.45) is 5.92 Å². The minimum absolute atomic E-state index is 0.0164. The first-order valence-electron chi connectivity index (χ1n) is 4.60. The fourth-order valence-electron chi connectivity index (χ4n) is 1.05. The maximum absolute atomic E-state index is 13.2. The molecule has 0 unspecified atom stereocenters. The molecule has 0 amide bonds. The summed E-state index contributed by atoms with van der Waals surface area (Å²) in [6.45, 7) is 3.72. The number of hydrogen-bond acceptors (Lipinski definition) is 4. The van der Waals surface area contributed by atoms with E-state index in [1.165, 1.54) is 0 Å². The predicted octanol–water partition coefficient (Wildman–Crippen LogP) is 1.70. The van der Waals surface area contributed by atoms with Gasteiger partial charge in [0.15, 0.2) is 11.6 Å². The van der Waals surface area contributed by atoms with Crippen LogP contribution in [0.1, 0.15) is 13.8 Å². The van der Waals surface area contributed by atoms with E-state index in [1.807, 2.05) is 13.8 Å². The van der Waals surface area contributed by atoms with Crippen LogP contribution in [0.4, 0.5) is 10.2 Å². The molecule has 0 aliphatic rings. The zero-order valence-electron chi connectivity index (χ0n) is 8.54. The van der Waals surface area contributed by atoms with E-state index in [-0.39, 0.29) is 29.7 Å². The van der Waals surface area contributed by atoms with E-state index in [0.29, 0.717) is 0 Å². The number of anilines is 1. The van der Waals surface area contributed by atoms with E-state index < -0.39 is 5.82 Å². The highest BCUT2D eigenvalue weighted by atomic mass is 35.5. The SMILES string of the molecule is CC(C)[C@@H](CO)Nc1nc(Cl)ncc1F. The molecule has 1 heterocycles. The molecule has 0 saturated carbocycles. The molecule has 2 N–H and O–H groups in total. The van der Waals surface area contributed by atoms with Crippen LogP contribution in [0.3, 0.4) is 0 Å². The van der Waals surface area contributed by atoms with Gasteiger partial charge in [0.25, 0.3) is 0 Å². The van der Waals surface area contributed by atoms with Crippen LogP contribution in [-0.4, -0.2) is 27.7 Å². The average Bonchev–Trinajstić information content (AvgIpc) is 2.18. The summed E-state index contributed by atoms with van der Waals surface area (Å²) in [6, 6.07) is -0.259. The quantitative estimate of drug-likeness (QED) is 0.778. The Kier molecular flexibility index (Phi) is 4.23. The third-order valence-corrected chi connectivity index (χ3v) is 2.22. The Hall–Kier alpha value is -0.940. The zero-order valence-corrected chi connectivity index (χ0v) is 9.29. The monoisotopic (exact) mass is 233 g/mol. The highest BCUT2D eigenvalue weighted by Gasteiger charge is 2.15. The zero-order chi connectivity index (χ0) is 11.4. The molecule has 0 saturated heterocycles. The summed E-state index contributed by atoms with van der Waals surface area (Å²) in [5.41, 5.74) is 0. The number of rotatable bonds is 4. The Bertz CT molecular complexity index is 335. The number of halogens is 2. The molecule has 1 aromatic rings. The van der Waals surface area contributed by atoms with Gasteiger partial charge in [0, 0.05) is 0 Å². The lowest BCUT2D eigenvalue weighted by Crippen LogP contribution is -2.30. The topological polar surface area (TPSA) is 58.0 Å². The summed E-state index contributed by atoms with van der Waals surface area (Å²) in [5.74, 6) is -0.413. The van der Waals surface area contributed by atoms with E-state index in [9.17, 15) is 4.39 Å². The van der Waals surface area contributed by atoms with E-state index >= 15 is 0 Å². The van der Waals surface area contributed by atoms with Gasteiger partial charge in [-0.2, -0.15) is 4.98 Å². The molecule has 0 radical (unpaired) electrons. The number of nitrogens with zero attached hydrogens (tertiary/aromatic N) is 2. The van der Waals surface area contributed by atoms with Crippen LogP contribution >= 0.6 is 11.6 Å². The Balaban J connectivity index is 2.82. The van der Waals surface area contributed by atoms with Crippen LogP contribution in [0.5, 0.6) is 0 Å². The molecule has 0 spiro atoms. The van der Waals surface area contributed by atoms with Crippen LogP contribution in [0.15, 0.2) is 6.20 Å². The van der Waals surface area contributed by atoms with Crippen LogP contribution in [-0.2, 0) is 0 Å². The third kappa shape index (κ3) is 3.28. The Morgan fingerprint density at radius 2 is 2.27 bits per heavy atom. The highest BCUT2D eigenvalue weighted by molar-refractivity contribution is 6.28. The fourth-order valence-corrected chi connectivity index (χ4v) is 1.18. The largest absolute Gasteiger partial charge is 0.394 e. The summed E-state index contributed by atoms with van der Waals surface area (Å²) in [7, 11) is 0. The Morgan fingerprint density at radius 3 is 2.80 bits per heavy atom. The van der Waals surface area contributed by atoms with E-state index in [0.717, 1.165) is 6.20 Å². The second kappa shape index (κ2) is 5.23. The number of nitrogens with one attached hydrogen (secondary N) is 1. The number of aliphatic hydroxyl groups is 1.